The lowest BCUT2D eigenvalue weighted by Crippen LogP contribution is -2.59. The van der Waals surface area contributed by atoms with Crippen molar-refractivity contribution < 1.29 is 0 Å². The van der Waals surface area contributed by atoms with Crippen molar-refractivity contribution in [3.8, 4) is 11.1 Å². The maximum Gasteiger partial charge on any atom is 0.333 e. The number of anilines is 2. The van der Waals surface area contributed by atoms with Crippen molar-refractivity contribution in [3.05, 3.63) is 132 Å². The number of hydrogen-bond acceptors (Lipinski definition) is 2. The first-order chi connectivity index (χ1) is 22.1. The summed E-state index contributed by atoms with van der Waals surface area (Å²) < 4.78 is 5.53. The molecule has 2 unspecified atom stereocenters. The topological polar surface area (TPSA) is 8.17 Å². The highest BCUT2D eigenvalue weighted by molar-refractivity contribution is 7.27. The van der Waals surface area contributed by atoms with Gasteiger partial charge in [-0.3, -0.25) is 0 Å². The van der Waals surface area contributed by atoms with E-state index in [-0.39, 0.29) is 12.3 Å². The first-order valence-electron chi connectivity index (χ1n) is 16.1. The van der Waals surface area contributed by atoms with Gasteiger partial charge in [-0.1, -0.05) is 117 Å². The molecule has 2 aromatic heterocycles. The molecule has 2 atom stereocenters. The van der Waals surface area contributed by atoms with Gasteiger partial charge in [-0.05, 0) is 56.1 Å². The summed E-state index contributed by atoms with van der Waals surface area (Å²) in [5.74, 6) is 0.350. The number of benzene rings is 6. The molecule has 0 amide bonds. The van der Waals surface area contributed by atoms with E-state index in [1.165, 1.54) is 92.1 Å². The van der Waals surface area contributed by atoms with Crippen molar-refractivity contribution in [1.82, 2.24) is 4.48 Å². The molecule has 12 rings (SSSR count). The fraction of sp³-hybridized carbons (Fsp3) is 0.122. The van der Waals surface area contributed by atoms with Gasteiger partial charge < -0.3 is 9.38 Å². The van der Waals surface area contributed by atoms with E-state index < -0.39 is 0 Å². The third kappa shape index (κ3) is 2.47. The van der Waals surface area contributed by atoms with E-state index in [4.69, 9.17) is 0 Å². The van der Waals surface area contributed by atoms with E-state index >= 15 is 0 Å². The average Bonchev–Trinajstić information content (AvgIpc) is 3.78. The number of fused-ring (bicyclic) bond motifs is 16. The monoisotopic (exact) mass is 590 g/mol. The molecule has 0 bridgehead atoms. The zero-order valence-electron chi connectivity index (χ0n) is 25.0. The van der Waals surface area contributed by atoms with Crippen LogP contribution >= 0.6 is 11.3 Å². The third-order valence-electron chi connectivity index (χ3n) is 11.8. The number of nitrogens with zero attached hydrogens (tertiary/aromatic N) is 2. The van der Waals surface area contributed by atoms with Crippen LogP contribution in [0.25, 0.3) is 53.1 Å². The summed E-state index contributed by atoms with van der Waals surface area (Å²) in [6.07, 6.45) is 0. The molecule has 6 aromatic carbocycles. The van der Waals surface area contributed by atoms with E-state index in [0.717, 1.165) is 0 Å². The van der Waals surface area contributed by atoms with Crippen LogP contribution in [0, 0.1) is 0 Å². The average molecular weight is 591 g/mol. The Balaban J connectivity index is 1.31. The van der Waals surface area contributed by atoms with Crippen LogP contribution in [0.1, 0.15) is 36.5 Å². The molecule has 0 saturated carbocycles. The van der Waals surface area contributed by atoms with Gasteiger partial charge in [0.1, 0.15) is 0 Å². The maximum atomic E-state index is 2.80. The van der Waals surface area contributed by atoms with E-state index in [1.54, 1.807) is 0 Å². The second kappa shape index (κ2) is 7.52. The maximum absolute atomic E-state index is 2.80. The van der Waals surface area contributed by atoms with E-state index in [9.17, 15) is 0 Å². The van der Waals surface area contributed by atoms with Crippen molar-refractivity contribution in [1.29, 1.82) is 0 Å². The van der Waals surface area contributed by atoms with Crippen LogP contribution < -0.4 is 15.8 Å². The Morgan fingerprint density at radius 3 is 2.40 bits per heavy atom. The molecule has 1 aliphatic carbocycles. The molecule has 45 heavy (non-hydrogen) atoms. The second-order valence-electron chi connectivity index (χ2n) is 14.0. The van der Waals surface area contributed by atoms with Crippen LogP contribution in [0.4, 0.5) is 11.4 Å². The summed E-state index contributed by atoms with van der Waals surface area (Å²) >= 11 is 1.95. The molecule has 0 radical (unpaired) electrons. The van der Waals surface area contributed by atoms with Crippen LogP contribution in [0.3, 0.4) is 0 Å². The Morgan fingerprint density at radius 2 is 1.47 bits per heavy atom. The van der Waals surface area contributed by atoms with Gasteiger partial charge in [-0.15, -0.1) is 11.3 Å². The number of thiophene rings is 1. The molecule has 5 heterocycles. The molecule has 4 aliphatic rings. The van der Waals surface area contributed by atoms with Crippen molar-refractivity contribution in [2.45, 2.75) is 31.2 Å². The summed E-state index contributed by atoms with van der Waals surface area (Å²) in [4.78, 5) is 2.80. The van der Waals surface area contributed by atoms with Crippen molar-refractivity contribution in [2.24, 2.45) is 0 Å². The standard InChI is InChI=1S/C41H27BN2S/c1-41(2)29-18-7-5-13-24(29)34-27-16-10-19-30-37(27)43(40(34)41)31-21-22-11-3-4-12-23(22)33-26-15-9-17-28-36(26)44(42(30)35(31)33)38-25-14-6-8-20-32(25)45-39(28)38/h3-21,34,40H,1-2H3. The normalized spacial score (nSPS) is 19.4. The molecule has 2 nitrogen and oxygen atoms in total. The lowest BCUT2D eigenvalue weighted by atomic mass is 9.44. The quantitative estimate of drug-likeness (QED) is 0.160. The van der Waals surface area contributed by atoms with Gasteiger partial charge in [0, 0.05) is 49.3 Å². The minimum absolute atomic E-state index is 0.00691. The Kier molecular flexibility index (Phi) is 3.94. The number of rotatable bonds is 0. The molecule has 210 valence electrons. The van der Waals surface area contributed by atoms with E-state index in [0.29, 0.717) is 12.0 Å². The van der Waals surface area contributed by atoms with E-state index in [2.05, 4.69) is 138 Å². The predicted octanol–water partition coefficient (Wildman–Crippen LogP) is 9.05. The predicted molar refractivity (Wildman–Crippen MR) is 192 cm³/mol. The zero-order chi connectivity index (χ0) is 29.3. The molecule has 4 heteroatoms. The van der Waals surface area contributed by atoms with Gasteiger partial charge in [-0.2, -0.15) is 0 Å². The number of para-hydroxylation sites is 2. The summed E-state index contributed by atoms with van der Waals surface area (Å²) in [6, 6.07) is 44.5. The molecule has 0 spiro atoms. The lowest BCUT2D eigenvalue weighted by Gasteiger charge is -2.44. The van der Waals surface area contributed by atoms with Gasteiger partial charge in [-0.25, -0.2) is 0 Å². The van der Waals surface area contributed by atoms with Gasteiger partial charge >= 0.3 is 6.85 Å². The highest BCUT2D eigenvalue weighted by Gasteiger charge is 2.58. The highest BCUT2D eigenvalue weighted by atomic mass is 32.1. The fourth-order valence-corrected chi connectivity index (χ4v) is 11.4. The fourth-order valence-electron chi connectivity index (χ4n) is 10.2. The third-order valence-corrected chi connectivity index (χ3v) is 12.9. The Bertz CT molecular complexity index is 2680. The number of aromatic nitrogens is 1. The van der Waals surface area contributed by atoms with Crippen molar-refractivity contribution in [2.75, 3.05) is 4.90 Å². The minimum Gasteiger partial charge on any atom is -0.374 e. The molecule has 8 aromatic rings. The Labute approximate surface area is 265 Å². The smallest absolute Gasteiger partial charge is 0.333 e. The zero-order valence-corrected chi connectivity index (χ0v) is 25.8. The van der Waals surface area contributed by atoms with Gasteiger partial charge in [0.2, 0.25) is 0 Å². The SMILES string of the molecule is CC1(C)c2ccccc2C2c3cccc4c3N(c3cc5ccccc5c5c3B4n3c4c-5cccc4c4sc5ccccc5c43)C21. The summed E-state index contributed by atoms with van der Waals surface area (Å²) in [5, 5.41) is 5.43. The Morgan fingerprint density at radius 1 is 0.711 bits per heavy atom. The summed E-state index contributed by atoms with van der Waals surface area (Å²) in [5.41, 5.74) is 15.8. The summed E-state index contributed by atoms with van der Waals surface area (Å²) in [6.45, 7) is 5.07. The van der Waals surface area contributed by atoms with Crippen LogP contribution in [-0.4, -0.2) is 17.4 Å². The number of hydrogen-bond donors (Lipinski definition) is 0. The van der Waals surface area contributed by atoms with Gasteiger partial charge in [0.05, 0.1) is 16.3 Å². The van der Waals surface area contributed by atoms with Crippen LogP contribution in [-0.2, 0) is 5.41 Å². The Hall–Kier alpha value is -4.80. The van der Waals surface area contributed by atoms with Crippen molar-refractivity contribution >= 4 is 82.5 Å². The van der Waals surface area contributed by atoms with Gasteiger partial charge in [0.15, 0.2) is 0 Å². The van der Waals surface area contributed by atoms with Crippen LogP contribution in [0.5, 0.6) is 0 Å². The first kappa shape index (κ1) is 23.6. The molecule has 3 aliphatic heterocycles. The molecule has 0 saturated heterocycles. The second-order valence-corrected chi connectivity index (χ2v) is 15.1. The first-order valence-corrected chi connectivity index (χ1v) is 17.0. The molecular weight excluding hydrogens is 563 g/mol. The molecule has 0 fully saturated rings. The lowest BCUT2D eigenvalue weighted by molar-refractivity contribution is 0.431. The van der Waals surface area contributed by atoms with E-state index in [1.807, 2.05) is 11.3 Å². The van der Waals surface area contributed by atoms with Gasteiger partial charge in [0.25, 0.3) is 0 Å². The largest absolute Gasteiger partial charge is 0.374 e. The molecular formula is C41H27BN2S. The van der Waals surface area contributed by atoms with Crippen molar-refractivity contribution in [3.63, 3.8) is 0 Å². The highest BCUT2D eigenvalue weighted by Crippen LogP contribution is 2.61. The summed E-state index contributed by atoms with van der Waals surface area (Å²) in [7, 11) is 0. The minimum atomic E-state index is -0.00691. The van der Waals surface area contributed by atoms with Crippen LogP contribution in [0.2, 0.25) is 0 Å². The van der Waals surface area contributed by atoms with Crippen LogP contribution in [0.15, 0.2) is 115 Å². The molecule has 0 N–H and O–H groups in total.